The summed E-state index contributed by atoms with van der Waals surface area (Å²) in [5, 5.41) is 50.8. The van der Waals surface area contributed by atoms with Crippen LogP contribution in [-0.2, 0) is 30.4 Å². The quantitative estimate of drug-likeness (QED) is 0.0254. The van der Waals surface area contributed by atoms with Crippen LogP contribution < -0.4 is 14.8 Å². The molecule has 0 bridgehead atoms. The minimum atomic E-state index is -4.63. The van der Waals surface area contributed by atoms with Crippen LogP contribution in [0.25, 0.3) is 10.8 Å². The molecule has 7 aromatic carbocycles. The van der Waals surface area contributed by atoms with E-state index in [0.29, 0.717) is 39.0 Å². The smallest absolute Gasteiger partial charge is 0.296 e. The van der Waals surface area contributed by atoms with E-state index in [1.165, 1.54) is 30.3 Å². The summed E-state index contributed by atoms with van der Waals surface area (Å²) in [6.45, 7) is 6.69. The minimum absolute atomic E-state index is 0.0174. The summed E-state index contributed by atoms with van der Waals surface area (Å²) < 4.78 is 110. The molecule has 0 fully saturated rings. The van der Waals surface area contributed by atoms with E-state index >= 15 is 0 Å². The van der Waals surface area contributed by atoms with Crippen molar-refractivity contribution in [3.63, 3.8) is 0 Å². The number of nitrogens with zero attached hydrogens (tertiary/aromatic N) is 8. The van der Waals surface area contributed by atoms with E-state index in [-0.39, 0.29) is 77.4 Å². The van der Waals surface area contributed by atoms with Crippen LogP contribution in [0.2, 0.25) is 0 Å². The molecule has 74 heavy (non-hydrogen) atoms. The molecule has 0 aromatic heterocycles. The third-order valence-electron chi connectivity index (χ3n) is 10.9. The highest BCUT2D eigenvalue weighted by Crippen LogP contribution is 2.42. The van der Waals surface area contributed by atoms with E-state index in [1.807, 2.05) is 68.4 Å². The van der Waals surface area contributed by atoms with Crippen molar-refractivity contribution in [2.45, 2.75) is 45.4 Å². The molecule has 7 rings (SSSR count). The minimum Gasteiger partial charge on any atom is -0.505 e. The SMILES string of the molecule is Cc1cc(N=Nc2ccc3cc(Nc4ccccc4)ccc3c2O)c(C)cc1N=Nc1cc(C)c(N=Nc2cc(C)c(N=Nc3ccccc3S(=O)(=O)O)cc2OCCCS(=O)(=O)O)cc1OCCCS(=O)(=O)O. The molecule has 7 aromatic rings. The molecule has 0 amide bonds. The van der Waals surface area contributed by atoms with Crippen molar-refractivity contribution in [2.75, 3.05) is 30.0 Å². The monoisotopic (exact) mass is 1060 g/mol. The van der Waals surface area contributed by atoms with Crippen LogP contribution in [0.1, 0.15) is 35.1 Å². The highest BCUT2D eigenvalue weighted by Gasteiger charge is 2.17. The number of azo groups is 4. The summed E-state index contributed by atoms with van der Waals surface area (Å²) in [6, 6.07) is 34.0. The molecule has 21 nitrogen and oxygen atoms in total. The number of hydrogen-bond donors (Lipinski definition) is 5. The van der Waals surface area contributed by atoms with Gasteiger partial charge in [-0.15, -0.1) is 20.5 Å². The number of anilines is 2. The number of phenolic OH excluding ortho intramolecular Hbond substituents is 1. The normalized spacial score (nSPS) is 12.5. The van der Waals surface area contributed by atoms with Crippen molar-refractivity contribution in [1.29, 1.82) is 0 Å². The number of nitrogens with one attached hydrogen (secondary N) is 1. The summed E-state index contributed by atoms with van der Waals surface area (Å²) in [6.07, 6.45) is -0.168. The third-order valence-corrected chi connectivity index (χ3v) is 13.4. The molecule has 0 aliphatic heterocycles. The van der Waals surface area contributed by atoms with Gasteiger partial charge in [0.2, 0.25) is 0 Å². The second kappa shape index (κ2) is 23.3. The third kappa shape index (κ3) is 14.9. The van der Waals surface area contributed by atoms with E-state index in [4.69, 9.17) is 9.47 Å². The zero-order valence-corrected chi connectivity index (χ0v) is 42.6. The van der Waals surface area contributed by atoms with Gasteiger partial charge in [-0.25, -0.2) is 0 Å². The standard InChI is InChI=1S/C50H49N9O12S3/c1-31-25-42(32(2)24-41(31)54-53-40-19-16-35-28-37(17-18-38(35)50(40)60)51-36-12-6-5-7-13-36)55-58-45-27-34(4)44(30-48(45)71-21-11-23-73(64,65)66)57-59-46-26-33(3)43(29-47(46)70-20-10-22-72(61,62)63)56-52-39-14-8-9-15-49(39)74(67,68)69/h5-9,12-19,24-30,51,60H,10-11,20-23H2,1-4H3,(H,61,62,63)(H,64,65,66)(H,67,68,69). The lowest BCUT2D eigenvalue weighted by Gasteiger charge is -2.12. The Morgan fingerprint density at radius 1 is 0.446 bits per heavy atom. The topological polar surface area (TPSA) is 313 Å². The van der Waals surface area contributed by atoms with Gasteiger partial charge in [-0.1, -0.05) is 36.4 Å². The Hall–Kier alpha value is -7.87. The van der Waals surface area contributed by atoms with E-state index < -0.39 is 46.8 Å². The highest BCUT2D eigenvalue weighted by atomic mass is 32.2. The highest BCUT2D eigenvalue weighted by molar-refractivity contribution is 7.86. The van der Waals surface area contributed by atoms with E-state index in [0.717, 1.165) is 22.8 Å². The van der Waals surface area contributed by atoms with Crippen LogP contribution in [0, 0.1) is 27.7 Å². The summed E-state index contributed by atoms with van der Waals surface area (Å²) in [4.78, 5) is -0.468. The van der Waals surface area contributed by atoms with Crippen LogP contribution >= 0.6 is 0 Å². The van der Waals surface area contributed by atoms with Crippen molar-refractivity contribution >= 4 is 98.0 Å². The first kappa shape index (κ1) is 53.9. The molecule has 0 radical (unpaired) electrons. The number of fused-ring (bicyclic) bond motifs is 1. The van der Waals surface area contributed by atoms with Crippen LogP contribution in [-0.4, -0.2) is 68.7 Å². The van der Waals surface area contributed by atoms with Gasteiger partial charge in [-0.2, -0.15) is 45.7 Å². The molecule has 0 atom stereocenters. The van der Waals surface area contributed by atoms with Gasteiger partial charge >= 0.3 is 0 Å². The number of benzene rings is 7. The fourth-order valence-corrected chi connectivity index (χ4v) is 8.70. The van der Waals surface area contributed by atoms with E-state index in [1.54, 1.807) is 44.2 Å². The number of phenols is 1. The van der Waals surface area contributed by atoms with Crippen molar-refractivity contribution < 1.29 is 53.5 Å². The molecule has 0 saturated heterocycles. The number of rotatable bonds is 21. The average Bonchev–Trinajstić information content (AvgIpc) is 3.34. The Bertz CT molecular complexity index is 3710. The first-order valence-electron chi connectivity index (χ1n) is 22.5. The van der Waals surface area contributed by atoms with Crippen LogP contribution in [0.5, 0.6) is 17.2 Å². The first-order chi connectivity index (χ1) is 35.1. The Kier molecular flexibility index (Phi) is 17.0. The first-order valence-corrected chi connectivity index (χ1v) is 27.1. The number of hydrogen-bond acceptors (Lipinski definition) is 18. The molecule has 5 N–H and O–H groups in total. The molecule has 0 aliphatic carbocycles. The van der Waals surface area contributed by atoms with Crippen LogP contribution in [0.4, 0.5) is 56.9 Å². The van der Waals surface area contributed by atoms with Gasteiger partial charge in [0.1, 0.15) is 39.1 Å². The molecular formula is C50H49N9O12S3. The Labute approximate surface area is 426 Å². The molecule has 0 heterocycles. The van der Waals surface area contributed by atoms with Crippen molar-refractivity contribution in [3.8, 4) is 17.2 Å². The lowest BCUT2D eigenvalue weighted by atomic mass is 10.1. The lowest BCUT2D eigenvalue weighted by molar-refractivity contribution is 0.317. The fraction of sp³-hybridized carbons (Fsp3) is 0.200. The van der Waals surface area contributed by atoms with Gasteiger partial charge in [-0.05, 0) is 141 Å². The average molecular weight is 1060 g/mol. The molecule has 0 aliphatic rings. The summed E-state index contributed by atoms with van der Waals surface area (Å²) in [5.74, 6) is -0.964. The van der Waals surface area contributed by atoms with Gasteiger partial charge in [0.05, 0.1) is 47.5 Å². The zero-order chi connectivity index (χ0) is 53.2. The molecule has 0 spiro atoms. The molecule has 0 unspecified atom stereocenters. The zero-order valence-electron chi connectivity index (χ0n) is 40.1. The second-order valence-electron chi connectivity index (χ2n) is 16.7. The van der Waals surface area contributed by atoms with Crippen molar-refractivity contribution in [2.24, 2.45) is 40.9 Å². The Balaban J connectivity index is 1.15. The van der Waals surface area contributed by atoms with Gasteiger partial charge < -0.3 is 19.9 Å². The number of ether oxygens (including phenoxy) is 2. The van der Waals surface area contributed by atoms with E-state index in [9.17, 15) is 44.0 Å². The molecule has 0 saturated carbocycles. The predicted molar refractivity (Wildman–Crippen MR) is 280 cm³/mol. The number of aromatic hydroxyl groups is 1. The fourth-order valence-electron chi connectivity index (χ4n) is 7.11. The maximum Gasteiger partial charge on any atom is 0.296 e. The largest absolute Gasteiger partial charge is 0.505 e. The second-order valence-corrected chi connectivity index (χ2v) is 21.3. The Morgan fingerprint density at radius 3 is 1.38 bits per heavy atom. The van der Waals surface area contributed by atoms with Gasteiger partial charge in [0.15, 0.2) is 5.75 Å². The van der Waals surface area contributed by atoms with Crippen LogP contribution in [0.3, 0.4) is 0 Å². The number of aryl methyl sites for hydroxylation is 4. The maximum atomic E-state index is 11.9. The van der Waals surface area contributed by atoms with Crippen LogP contribution in [0.15, 0.2) is 167 Å². The van der Waals surface area contributed by atoms with Gasteiger partial charge in [0.25, 0.3) is 30.4 Å². The summed E-state index contributed by atoms with van der Waals surface area (Å²) in [7, 11) is -13.2. The van der Waals surface area contributed by atoms with Crippen molar-refractivity contribution in [1.82, 2.24) is 0 Å². The lowest BCUT2D eigenvalue weighted by Crippen LogP contribution is -2.08. The maximum absolute atomic E-state index is 11.9. The van der Waals surface area contributed by atoms with Gasteiger partial charge in [-0.3, -0.25) is 13.7 Å². The molecular weight excluding hydrogens is 1010 g/mol. The van der Waals surface area contributed by atoms with E-state index in [2.05, 4.69) is 46.2 Å². The Morgan fingerprint density at radius 2 is 0.878 bits per heavy atom. The van der Waals surface area contributed by atoms with Gasteiger partial charge in [0, 0.05) is 28.9 Å². The predicted octanol–water partition coefficient (Wildman–Crippen LogP) is 13.7. The molecule has 24 heteroatoms. The summed E-state index contributed by atoms with van der Waals surface area (Å²) >= 11 is 0. The van der Waals surface area contributed by atoms with Crippen molar-refractivity contribution in [3.05, 3.63) is 144 Å². The summed E-state index contributed by atoms with van der Waals surface area (Å²) in [5.41, 5.74) is 6.23. The number of para-hydroxylation sites is 1. The molecule has 384 valence electrons.